The molecule has 0 aromatic rings. The van der Waals surface area contributed by atoms with E-state index in [0.717, 1.165) is 19.4 Å². The lowest BCUT2D eigenvalue weighted by Crippen LogP contribution is -2.55. The highest BCUT2D eigenvalue weighted by atomic mass is 32.2. The number of hydrogen-bond donors (Lipinski definition) is 1. The third kappa shape index (κ3) is 6.55. The number of carbonyl (C=O) groups is 1. The van der Waals surface area contributed by atoms with Crippen LogP contribution in [0.3, 0.4) is 0 Å². The van der Waals surface area contributed by atoms with Gasteiger partial charge in [0.1, 0.15) is 0 Å². The fraction of sp³-hybridized carbons (Fsp3) is 0.947. The number of nitrogens with zero attached hydrogens (tertiary/aromatic N) is 1. The molecule has 0 aromatic heterocycles. The summed E-state index contributed by atoms with van der Waals surface area (Å²) in [6, 6.07) is 0.241. The number of sulfonamides is 1. The molecule has 6 heteroatoms. The number of likely N-dealkylation sites (tertiary alicyclic amines) is 1. The van der Waals surface area contributed by atoms with Gasteiger partial charge in [0.2, 0.25) is 15.9 Å². The van der Waals surface area contributed by atoms with Crippen LogP contribution in [0.5, 0.6) is 0 Å². The highest BCUT2D eigenvalue weighted by molar-refractivity contribution is 7.88. The standard InChI is InChI=1S/C19H38N2O3S/c1-9-15-11-18(4,5)13-21(14(15)3)17(22)16(10-2)12-19(6,7)20-25(8,23)24/h14-16,20H,9-13H2,1-8H3. The summed E-state index contributed by atoms with van der Waals surface area (Å²) in [6.45, 7) is 15.3. The molecular weight excluding hydrogens is 336 g/mol. The second kappa shape index (κ2) is 7.95. The van der Waals surface area contributed by atoms with E-state index in [1.165, 1.54) is 6.26 Å². The van der Waals surface area contributed by atoms with Crippen molar-refractivity contribution in [3.8, 4) is 0 Å². The van der Waals surface area contributed by atoms with Gasteiger partial charge in [-0.15, -0.1) is 0 Å². The van der Waals surface area contributed by atoms with Crippen LogP contribution in [-0.2, 0) is 14.8 Å². The minimum atomic E-state index is -3.30. The molecule has 0 saturated carbocycles. The number of rotatable bonds is 7. The van der Waals surface area contributed by atoms with Gasteiger partial charge in [0.05, 0.1) is 6.26 Å². The summed E-state index contributed by atoms with van der Waals surface area (Å²) in [5, 5.41) is 0. The molecule has 0 aliphatic carbocycles. The van der Waals surface area contributed by atoms with Gasteiger partial charge in [-0.3, -0.25) is 4.79 Å². The minimum absolute atomic E-state index is 0.127. The van der Waals surface area contributed by atoms with Gasteiger partial charge in [-0.1, -0.05) is 34.1 Å². The molecule has 3 atom stereocenters. The first-order valence-electron chi connectivity index (χ1n) is 9.51. The van der Waals surface area contributed by atoms with Crippen molar-refractivity contribution in [3.63, 3.8) is 0 Å². The van der Waals surface area contributed by atoms with Crippen LogP contribution in [0.15, 0.2) is 0 Å². The Morgan fingerprint density at radius 2 is 1.88 bits per heavy atom. The SMILES string of the molecule is CCC(CC(C)(C)NS(C)(=O)=O)C(=O)N1CC(C)(C)CC(CC)C1C. The van der Waals surface area contributed by atoms with Gasteiger partial charge in [-0.2, -0.15) is 0 Å². The van der Waals surface area contributed by atoms with E-state index >= 15 is 0 Å². The van der Waals surface area contributed by atoms with Crippen LogP contribution in [0.2, 0.25) is 0 Å². The summed E-state index contributed by atoms with van der Waals surface area (Å²) < 4.78 is 25.9. The van der Waals surface area contributed by atoms with Crippen molar-refractivity contribution < 1.29 is 13.2 Å². The Morgan fingerprint density at radius 3 is 2.32 bits per heavy atom. The molecule has 1 fully saturated rings. The normalized spacial score (nSPS) is 25.7. The highest BCUT2D eigenvalue weighted by Gasteiger charge is 2.41. The largest absolute Gasteiger partial charge is 0.339 e. The molecule has 0 radical (unpaired) electrons. The molecule has 1 rings (SSSR count). The van der Waals surface area contributed by atoms with Crippen LogP contribution in [0.1, 0.15) is 74.1 Å². The van der Waals surface area contributed by atoms with Crippen LogP contribution in [0.4, 0.5) is 0 Å². The maximum Gasteiger partial charge on any atom is 0.226 e. The van der Waals surface area contributed by atoms with Crippen LogP contribution in [-0.4, -0.2) is 43.6 Å². The number of piperidine rings is 1. The molecule has 0 aromatic carbocycles. The first-order valence-corrected chi connectivity index (χ1v) is 11.4. The van der Waals surface area contributed by atoms with E-state index in [2.05, 4.69) is 37.3 Å². The second-order valence-corrected chi connectivity index (χ2v) is 11.1. The van der Waals surface area contributed by atoms with Gasteiger partial charge in [0.25, 0.3) is 0 Å². The molecule has 148 valence electrons. The van der Waals surface area contributed by atoms with Crippen molar-refractivity contribution in [1.82, 2.24) is 9.62 Å². The summed E-state index contributed by atoms with van der Waals surface area (Å²) in [6.07, 6.45) is 4.61. The Hall–Kier alpha value is -0.620. The zero-order valence-corrected chi connectivity index (χ0v) is 18.2. The van der Waals surface area contributed by atoms with E-state index in [9.17, 15) is 13.2 Å². The molecular formula is C19H38N2O3S. The predicted octanol–water partition coefficient (Wildman–Crippen LogP) is 3.40. The van der Waals surface area contributed by atoms with E-state index < -0.39 is 15.6 Å². The van der Waals surface area contributed by atoms with Crippen molar-refractivity contribution >= 4 is 15.9 Å². The second-order valence-electron chi connectivity index (χ2n) is 9.31. The first kappa shape index (κ1) is 22.4. The van der Waals surface area contributed by atoms with Crippen molar-refractivity contribution in [2.75, 3.05) is 12.8 Å². The average Bonchev–Trinajstić information content (AvgIpc) is 2.43. The Kier molecular flexibility index (Phi) is 7.13. The van der Waals surface area contributed by atoms with E-state index in [0.29, 0.717) is 18.8 Å². The quantitative estimate of drug-likeness (QED) is 0.742. The van der Waals surface area contributed by atoms with Crippen LogP contribution in [0.25, 0.3) is 0 Å². The molecule has 1 aliphatic heterocycles. The average molecular weight is 375 g/mol. The lowest BCUT2D eigenvalue weighted by atomic mass is 9.73. The van der Waals surface area contributed by atoms with Crippen molar-refractivity contribution in [2.45, 2.75) is 85.7 Å². The van der Waals surface area contributed by atoms with Crippen molar-refractivity contribution in [2.24, 2.45) is 17.3 Å². The van der Waals surface area contributed by atoms with E-state index in [1.807, 2.05) is 20.8 Å². The number of amides is 1. The Labute approximate surface area is 155 Å². The fourth-order valence-corrected chi connectivity index (χ4v) is 5.46. The molecule has 3 unspecified atom stereocenters. The zero-order chi connectivity index (χ0) is 19.6. The molecule has 1 aliphatic rings. The monoisotopic (exact) mass is 374 g/mol. The Balaban J connectivity index is 2.97. The summed E-state index contributed by atoms with van der Waals surface area (Å²) >= 11 is 0. The smallest absolute Gasteiger partial charge is 0.226 e. The molecule has 1 saturated heterocycles. The van der Waals surface area contributed by atoms with E-state index in [-0.39, 0.29) is 23.3 Å². The molecule has 1 amide bonds. The molecule has 0 spiro atoms. The number of hydrogen-bond acceptors (Lipinski definition) is 3. The Bertz CT molecular complexity index is 569. The maximum atomic E-state index is 13.3. The topological polar surface area (TPSA) is 66.5 Å². The maximum absolute atomic E-state index is 13.3. The molecule has 0 bridgehead atoms. The van der Waals surface area contributed by atoms with E-state index in [4.69, 9.17) is 0 Å². The first-order chi connectivity index (χ1) is 11.2. The van der Waals surface area contributed by atoms with Crippen LogP contribution in [0, 0.1) is 17.3 Å². The minimum Gasteiger partial charge on any atom is -0.339 e. The third-order valence-electron chi connectivity index (χ3n) is 5.45. The number of carbonyl (C=O) groups excluding carboxylic acids is 1. The van der Waals surface area contributed by atoms with Crippen LogP contribution < -0.4 is 4.72 Å². The van der Waals surface area contributed by atoms with Crippen molar-refractivity contribution in [3.05, 3.63) is 0 Å². The summed E-state index contributed by atoms with van der Waals surface area (Å²) in [7, 11) is -3.30. The highest BCUT2D eigenvalue weighted by Crippen LogP contribution is 2.38. The van der Waals surface area contributed by atoms with E-state index in [1.54, 1.807) is 0 Å². The Morgan fingerprint density at radius 1 is 1.32 bits per heavy atom. The summed E-state index contributed by atoms with van der Waals surface area (Å²) in [4.78, 5) is 15.3. The number of nitrogens with one attached hydrogen (secondary N) is 1. The lowest BCUT2D eigenvalue weighted by Gasteiger charge is -2.48. The lowest BCUT2D eigenvalue weighted by molar-refractivity contribution is -0.145. The molecule has 1 N–H and O–H groups in total. The van der Waals surface area contributed by atoms with Gasteiger partial charge in [-0.05, 0) is 51.4 Å². The molecule has 25 heavy (non-hydrogen) atoms. The predicted molar refractivity (Wildman–Crippen MR) is 104 cm³/mol. The summed E-state index contributed by atoms with van der Waals surface area (Å²) in [5.74, 6) is 0.523. The molecule has 1 heterocycles. The molecule has 5 nitrogen and oxygen atoms in total. The van der Waals surface area contributed by atoms with Gasteiger partial charge in [0.15, 0.2) is 0 Å². The summed E-state index contributed by atoms with van der Waals surface area (Å²) in [5.41, 5.74) is -0.510. The van der Waals surface area contributed by atoms with Gasteiger partial charge in [-0.25, -0.2) is 13.1 Å². The van der Waals surface area contributed by atoms with Gasteiger partial charge < -0.3 is 4.90 Å². The van der Waals surface area contributed by atoms with Gasteiger partial charge in [0, 0.05) is 24.0 Å². The van der Waals surface area contributed by atoms with Gasteiger partial charge >= 0.3 is 0 Å². The fourth-order valence-electron chi connectivity index (χ4n) is 4.37. The van der Waals surface area contributed by atoms with Crippen molar-refractivity contribution in [1.29, 1.82) is 0 Å². The van der Waals surface area contributed by atoms with Crippen LogP contribution >= 0.6 is 0 Å². The third-order valence-corrected chi connectivity index (χ3v) is 6.38. The zero-order valence-electron chi connectivity index (χ0n) is 17.3.